The number of imide groups is 1. The van der Waals surface area contributed by atoms with Crippen LogP contribution in [-0.2, 0) is 9.59 Å². The lowest BCUT2D eigenvalue weighted by molar-refractivity contribution is -0.124. The van der Waals surface area contributed by atoms with Crippen molar-refractivity contribution >= 4 is 46.8 Å². The highest BCUT2D eigenvalue weighted by Gasteiger charge is 2.36. The van der Waals surface area contributed by atoms with Crippen molar-refractivity contribution < 1.29 is 23.9 Å². The van der Waals surface area contributed by atoms with E-state index in [1.165, 1.54) is 6.07 Å². The first-order valence-corrected chi connectivity index (χ1v) is 9.69. The molecule has 2 aromatic rings. The molecule has 2 N–H and O–H groups in total. The number of halogens is 2. The van der Waals surface area contributed by atoms with Gasteiger partial charge in [-0.25, -0.2) is 0 Å². The summed E-state index contributed by atoms with van der Waals surface area (Å²) in [6.45, 7) is -0.386. The van der Waals surface area contributed by atoms with E-state index in [-0.39, 0.29) is 35.8 Å². The molecule has 0 aromatic heterocycles. The Morgan fingerprint density at radius 3 is 2.10 bits per heavy atom. The van der Waals surface area contributed by atoms with E-state index in [9.17, 15) is 19.2 Å². The van der Waals surface area contributed by atoms with Crippen LogP contribution in [0.3, 0.4) is 0 Å². The summed E-state index contributed by atoms with van der Waals surface area (Å²) in [4.78, 5) is 49.2. The van der Waals surface area contributed by atoms with E-state index in [0.29, 0.717) is 10.8 Å². The monoisotopic (exact) mass is 449 g/mol. The molecule has 0 spiro atoms. The van der Waals surface area contributed by atoms with Crippen LogP contribution in [0.2, 0.25) is 10.0 Å². The van der Waals surface area contributed by atoms with Crippen molar-refractivity contribution in [2.75, 3.05) is 26.2 Å². The van der Waals surface area contributed by atoms with E-state index in [2.05, 4.69) is 10.6 Å². The summed E-state index contributed by atoms with van der Waals surface area (Å²) < 4.78 is 5.30. The number of carbonyl (C=O) groups is 4. The van der Waals surface area contributed by atoms with E-state index in [0.717, 1.165) is 4.90 Å². The third kappa shape index (κ3) is 5.08. The van der Waals surface area contributed by atoms with Gasteiger partial charge >= 0.3 is 0 Å². The highest BCUT2D eigenvalue weighted by molar-refractivity contribution is 6.35. The van der Waals surface area contributed by atoms with Crippen LogP contribution in [0.25, 0.3) is 0 Å². The summed E-state index contributed by atoms with van der Waals surface area (Å²) in [5, 5.41) is 5.85. The van der Waals surface area contributed by atoms with Crippen LogP contribution in [0.1, 0.15) is 20.7 Å². The standard InChI is InChI=1S/C20H17Cl2N3O5/c21-12-5-6-16(15(22)9-12)30-11-18(27)24-8-7-23-17(26)10-25-19(28)13-3-1-2-4-14(13)20(25)29/h1-6,9H,7-8,10-11H2,(H,23,26)(H,24,27). The number of benzene rings is 2. The number of hydrogen-bond donors (Lipinski definition) is 2. The van der Waals surface area contributed by atoms with Crippen LogP contribution in [0.5, 0.6) is 5.75 Å². The second kappa shape index (κ2) is 9.60. The molecule has 1 aliphatic rings. The van der Waals surface area contributed by atoms with Gasteiger partial charge in [0, 0.05) is 18.1 Å². The van der Waals surface area contributed by atoms with E-state index < -0.39 is 30.2 Å². The van der Waals surface area contributed by atoms with Crippen LogP contribution in [0.15, 0.2) is 42.5 Å². The van der Waals surface area contributed by atoms with Crippen LogP contribution >= 0.6 is 23.2 Å². The van der Waals surface area contributed by atoms with Crippen LogP contribution in [0, 0.1) is 0 Å². The highest BCUT2D eigenvalue weighted by atomic mass is 35.5. The molecule has 0 radical (unpaired) electrons. The fourth-order valence-corrected chi connectivity index (χ4v) is 3.24. The Morgan fingerprint density at radius 2 is 1.50 bits per heavy atom. The maximum Gasteiger partial charge on any atom is 0.262 e. The molecule has 156 valence electrons. The first-order valence-electron chi connectivity index (χ1n) is 8.93. The molecule has 2 aromatic carbocycles. The number of nitrogens with one attached hydrogen (secondary N) is 2. The third-order valence-corrected chi connectivity index (χ3v) is 4.73. The van der Waals surface area contributed by atoms with Gasteiger partial charge < -0.3 is 15.4 Å². The number of rotatable bonds is 8. The summed E-state index contributed by atoms with van der Waals surface area (Å²) >= 11 is 11.7. The second-order valence-corrected chi connectivity index (χ2v) is 7.15. The van der Waals surface area contributed by atoms with Gasteiger partial charge in [0.1, 0.15) is 12.3 Å². The molecule has 30 heavy (non-hydrogen) atoms. The average molecular weight is 450 g/mol. The minimum Gasteiger partial charge on any atom is -0.482 e. The quantitative estimate of drug-likeness (QED) is 0.472. The van der Waals surface area contributed by atoms with Gasteiger partial charge in [-0.3, -0.25) is 24.1 Å². The Hall–Kier alpha value is -3.10. The topological polar surface area (TPSA) is 105 Å². The SMILES string of the molecule is O=C(COc1ccc(Cl)cc1Cl)NCCNC(=O)CN1C(=O)c2ccccc2C1=O. The lowest BCUT2D eigenvalue weighted by Gasteiger charge is -2.14. The summed E-state index contributed by atoms with van der Waals surface area (Å²) in [7, 11) is 0. The Kier molecular flexibility index (Phi) is 6.91. The van der Waals surface area contributed by atoms with Crippen molar-refractivity contribution in [2.45, 2.75) is 0 Å². The van der Waals surface area contributed by atoms with Crippen molar-refractivity contribution in [1.29, 1.82) is 0 Å². The van der Waals surface area contributed by atoms with Crippen molar-refractivity contribution in [1.82, 2.24) is 15.5 Å². The van der Waals surface area contributed by atoms with Crippen molar-refractivity contribution in [3.05, 3.63) is 63.6 Å². The van der Waals surface area contributed by atoms with Gasteiger partial charge in [0.15, 0.2) is 6.61 Å². The number of fused-ring (bicyclic) bond motifs is 1. The smallest absolute Gasteiger partial charge is 0.262 e. The van der Waals surface area contributed by atoms with Crippen LogP contribution in [-0.4, -0.2) is 54.8 Å². The number of nitrogens with zero attached hydrogens (tertiary/aromatic N) is 1. The Morgan fingerprint density at radius 1 is 0.900 bits per heavy atom. The van der Waals surface area contributed by atoms with Crippen molar-refractivity contribution in [2.24, 2.45) is 0 Å². The molecule has 1 aliphatic heterocycles. The van der Waals surface area contributed by atoms with Crippen molar-refractivity contribution in [3.63, 3.8) is 0 Å². The van der Waals surface area contributed by atoms with Gasteiger partial charge in [-0.15, -0.1) is 0 Å². The molecule has 0 bridgehead atoms. The average Bonchev–Trinajstić information content (AvgIpc) is 2.96. The summed E-state index contributed by atoms with van der Waals surface area (Å²) in [6.07, 6.45) is 0. The Labute approximate surface area is 182 Å². The van der Waals surface area contributed by atoms with Gasteiger partial charge in [-0.05, 0) is 30.3 Å². The first kappa shape index (κ1) is 21.6. The van der Waals surface area contributed by atoms with Gasteiger partial charge in [0.05, 0.1) is 16.1 Å². The molecule has 1 heterocycles. The van der Waals surface area contributed by atoms with Gasteiger partial charge in [-0.1, -0.05) is 35.3 Å². The van der Waals surface area contributed by atoms with E-state index in [4.69, 9.17) is 27.9 Å². The molecular weight excluding hydrogens is 433 g/mol. The molecule has 0 saturated heterocycles. The van der Waals surface area contributed by atoms with E-state index in [1.54, 1.807) is 36.4 Å². The zero-order valence-electron chi connectivity index (χ0n) is 15.6. The number of hydrogen-bond acceptors (Lipinski definition) is 5. The maximum absolute atomic E-state index is 12.2. The summed E-state index contributed by atoms with van der Waals surface area (Å²) in [5.41, 5.74) is 0.562. The summed E-state index contributed by atoms with van der Waals surface area (Å²) in [5.74, 6) is -1.60. The predicted molar refractivity (Wildman–Crippen MR) is 110 cm³/mol. The zero-order chi connectivity index (χ0) is 21.7. The van der Waals surface area contributed by atoms with Gasteiger partial charge in [0.2, 0.25) is 5.91 Å². The highest BCUT2D eigenvalue weighted by Crippen LogP contribution is 2.27. The van der Waals surface area contributed by atoms with Crippen LogP contribution < -0.4 is 15.4 Å². The fraction of sp³-hybridized carbons (Fsp3) is 0.200. The normalized spacial score (nSPS) is 12.5. The lowest BCUT2D eigenvalue weighted by atomic mass is 10.1. The minimum absolute atomic E-state index is 0.120. The molecule has 10 heteroatoms. The van der Waals surface area contributed by atoms with E-state index >= 15 is 0 Å². The molecule has 4 amide bonds. The maximum atomic E-state index is 12.2. The van der Waals surface area contributed by atoms with Gasteiger partial charge in [-0.2, -0.15) is 0 Å². The van der Waals surface area contributed by atoms with Crippen LogP contribution in [0.4, 0.5) is 0 Å². The molecule has 0 aliphatic carbocycles. The molecule has 0 saturated carbocycles. The molecule has 0 unspecified atom stereocenters. The van der Waals surface area contributed by atoms with Crippen molar-refractivity contribution in [3.8, 4) is 5.75 Å². The number of amides is 4. The van der Waals surface area contributed by atoms with Gasteiger partial charge in [0.25, 0.3) is 17.7 Å². The molecule has 0 atom stereocenters. The predicted octanol–water partition coefficient (Wildman–Crippen LogP) is 1.90. The third-order valence-electron chi connectivity index (χ3n) is 4.20. The zero-order valence-corrected chi connectivity index (χ0v) is 17.1. The Bertz CT molecular complexity index is 977. The molecule has 0 fully saturated rings. The Balaban J connectivity index is 1.36. The summed E-state index contributed by atoms with van der Waals surface area (Å²) in [6, 6.07) is 11.0. The lowest BCUT2D eigenvalue weighted by Crippen LogP contribution is -2.43. The molecule has 8 nitrogen and oxygen atoms in total. The first-order chi connectivity index (χ1) is 14.4. The fourth-order valence-electron chi connectivity index (χ4n) is 2.77. The molecular formula is C20H17Cl2N3O5. The van der Waals surface area contributed by atoms with E-state index in [1.807, 2.05) is 0 Å². The second-order valence-electron chi connectivity index (χ2n) is 6.31. The largest absolute Gasteiger partial charge is 0.482 e. The number of ether oxygens (including phenoxy) is 1. The minimum atomic E-state index is -0.511. The number of carbonyl (C=O) groups excluding carboxylic acids is 4. The molecule has 3 rings (SSSR count).